The van der Waals surface area contributed by atoms with Crippen molar-refractivity contribution in [2.45, 2.75) is 112 Å². The molecule has 12 heteroatoms. The average Bonchev–Trinajstić information content (AvgIpc) is 3.24. The Hall–Kier alpha value is -3.68. The van der Waals surface area contributed by atoms with Crippen molar-refractivity contribution in [3.63, 3.8) is 0 Å². The van der Waals surface area contributed by atoms with Crippen molar-refractivity contribution in [3.8, 4) is 5.75 Å². The lowest BCUT2D eigenvalue weighted by Crippen LogP contribution is -2.55. The molecule has 2 aromatic carbocycles. The summed E-state index contributed by atoms with van der Waals surface area (Å²) in [6, 6.07) is 15.4. The van der Waals surface area contributed by atoms with E-state index in [9.17, 15) is 19.5 Å². The lowest BCUT2D eigenvalue weighted by Gasteiger charge is -2.49. The maximum atomic E-state index is 13.6. The Labute approximate surface area is 324 Å². The molecule has 3 saturated heterocycles. The van der Waals surface area contributed by atoms with E-state index in [1.165, 1.54) is 6.92 Å². The van der Waals surface area contributed by atoms with Gasteiger partial charge in [0, 0.05) is 43.7 Å². The molecule has 54 heavy (non-hydrogen) atoms. The second-order valence-electron chi connectivity index (χ2n) is 14.1. The number of unbranched alkanes of at least 4 members (excludes halogenated alkanes) is 3. The molecule has 2 aromatic rings. The number of carbonyl (C=O) groups is 3. The minimum absolute atomic E-state index is 0.0120. The number of hydrogen-bond acceptors (Lipinski definition) is 10. The van der Waals surface area contributed by atoms with Crippen LogP contribution in [0.15, 0.2) is 77.7 Å². The highest BCUT2D eigenvalue weighted by Gasteiger charge is 2.46. The van der Waals surface area contributed by atoms with Gasteiger partial charge in [0.25, 0.3) is 5.91 Å². The van der Waals surface area contributed by atoms with Crippen LogP contribution in [-0.2, 0) is 28.6 Å². The Kier molecular flexibility index (Phi) is 17.6. The molecule has 296 valence electrons. The molecule has 11 nitrogen and oxygen atoms in total. The van der Waals surface area contributed by atoms with E-state index in [-0.39, 0.29) is 42.0 Å². The number of amides is 1. The molecule has 0 aromatic heterocycles. The highest BCUT2D eigenvalue weighted by Crippen LogP contribution is 2.47. The van der Waals surface area contributed by atoms with Crippen molar-refractivity contribution in [1.29, 1.82) is 0 Å². The Morgan fingerprint density at radius 2 is 1.81 bits per heavy atom. The molecule has 3 fully saturated rings. The molecule has 0 unspecified atom stereocenters. The molecule has 0 saturated carbocycles. The number of methoxy groups -OCH3 is 1. The summed E-state index contributed by atoms with van der Waals surface area (Å²) >= 11 is 1.54. The molecule has 6 rings (SSSR count). The van der Waals surface area contributed by atoms with Crippen molar-refractivity contribution in [3.05, 3.63) is 78.4 Å². The fourth-order valence-electron chi connectivity index (χ4n) is 6.62. The summed E-state index contributed by atoms with van der Waals surface area (Å²) < 4.78 is 22.4. The number of para-hydroxylation sites is 1. The molecule has 4 aliphatic heterocycles. The molecular weight excluding hydrogens is 709 g/mol. The second-order valence-corrected chi connectivity index (χ2v) is 15.3. The third-order valence-electron chi connectivity index (χ3n) is 9.62. The number of hydrogen-bond donors (Lipinski definition) is 2. The summed E-state index contributed by atoms with van der Waals surface area (Å²) in [5.74, 6) is -0.428. The van der Waals surface area contributed by atoms with Gasteiger partial charge in [-0.15, -0.1) is 11.8 Å². The molecular formula is C42H58N2O9S. The summed E-state index contributed by atoms with van der Waals surface area (Å²) in [7, 11) is 5.54. The first-order chi connectivity index (χ1) is 26.0. The number of fused-ring (bicyclic) bond motifs is 3. The summed E-state index contributed by atoms with van der Waals surface area (Å²) in [6.07, 6.45) is 14.5. The van der Waals surface area contributed by atoms with E-state index < -0.39 is 24.1 Å². The number of nitrogens with zero attached hydrogens (tertiary/aromatic N) is 2. The number of esters is 1. The second kappa shape index (κ2) is 22.0. The SMILES string of the molecule is CCCCC[C@H](O)/C=C/[C@H]1O[C@H]2C[C@H](O2)[C@@H]1C/C=C\CCCC(=O)O.COc1ccc([C@@H]2Sc3ccccc3N(CCN(C)C)C(=O)[C@@H]2OC(C)=O)cc1. The number of anilines is 1. The first kappa shape index (κ1) is 43.1. The van der Waals surface area contributed by atoms with E-state index >= 15 is 0 Å². The van der Waals surface area contributed by atoms with Gasteiger partial charge in [-0.05, 0) is 69.6 Å². The first-order valence-electron chi connectivity index (χ1n) is 19.1. The van der Waals surface area contributed by atoms with Gasteiger partial charge in [0.1, 0.15) is 5.75 Å². The third-order valence-corrected chi connectivity index (χ3v) is 11.0. The van der Waals surface area contributed by atoms with Crippen LogP contribution in [0.4, 0.5) is 5.69 Å². The van der Waals surface area contributed by atoms with E-state index in [4.69, 9.17) is 24.1 Å². The highest BCUT2D eigenvalue weighted by molar-refractivity contribution is 7.99. The predicted octanol–water partition coefficient (Wildman–Crippen LogP) is 7.18. The summed E-state index contributed by atoms with van der Waals surface area (Å²) in [5.41, 5.74) is 1.75. The Morgan fingerprint density at radius 3 is 2.48 bits per heavy atom. The summed E-state index contributed by atoms with van der Waals surface area (Å²) in [4.78, 5) is 40.7. The van der Waals surface area contributed by atoms with E-state index in [1.54, 1.807) is 23.8 Å². The minimum atomic E-state index is -0.916. The largest absolute Gasteiger partial charge is 0.497 e. The number of aliphatic carboxylic acids is 1. The lowest BCUT2D eigenvalue weighted by molar-refractivity contribution is -0.337. The molecule has 0 spiro atoms. The maximum Gasteiger partial charge on any atom is 0.303 e. The number of rotatable bonds is 18. The minimum Gasteiger partial charge on any atom is -0.497 e. The van der Waals surface area contributed by atoms with Gasteiger partial charge in [0.15, 0.2) is 12.4 Å². The monoisotopic (exact) mass is 766 g/mol. The number of benzene rings is 2. The smallest absolute Gasteiger partial charge is 0.303 e. The molecule has 0 radical (unpaired) electrons. The molecule has 0 aliphatic carbocycles. The van der Waals surface area contributed by atoms with Crippen molar-refractivity contribution in [2.24, 2.45) is 5.92 Å². The van der Waals surface area contributed by atoms with Crippen molar-refractivity contribution >= 4 is 35.3 Å². The van der Waals surface area contributed by atoms with Gasteiger partial charge in [0.05, 0.1) is 36.4 Å². The zero-order valence-corrected chi connectivity index (χ0v) is 33.1. The number of carboxylic acid groups (broad SMARTS) is 1. The van der Waals surface area contributed by atoms with Gasteiger partial charge in [-0.25, -0.2) is 0 Å². The van der Waals surface area contributed by atoms with Gasteiger partial charge in [-0.2, -0.15) is 0 Å². The number of carbonyl (C=O) groups excluding carboxylic acids is 2. The Morgan fingerprint density at radius 1 is 1.07 bits per heavy atom. The summed E-state index contributed by atoms with van der Waals surface area (Å²) in [6.45, 7) is 4.70. The van der Waals surface area contributed by atoms with Crippen LogP contribution in [0, 0.1) is 5.92 Å². The maximum absolute atomic E-state index is 13.6. The molecule has 2 N–H and O–H groups in total. The Bertz CT molecular complexity index is 1540. The van der Waals surface area contributed by atoms with Gasteiger partial charge in [-0.1, -0.05) is 74.8 Å². The standard InChI is InChI=1S/C22H26N2O4S.C20H32O5/c1-15(25)28-20-21(16-9-11-17(27-4)12-10-16)29-19-8-6-5-7-18(19)24(22(20)26)14-13-23(2)3;1-2-3-6-9-15(21)12-13-17-16(18-14-20(24-17)25-18)10-7-4-5-8-11-19(22)23/h5-12,20-21H,13-14H2,1-4H3;4,7,12-13,15-18,20-21H,2-3,5-6,8-11,14H2,1H3,(H,22,23)/b;7-4-,13-12+/t20-,21+;15-,16+,17+,18-,20+/m10/s1. The Balaban J connectivity index is 0.000000244. The predicted molar refractivity (Wildman–Crippen MR) is 211 cm³/mol. The number of thioether (sulfide) groups is 1. The van der Waals surface area contributed by atoms with Crippen LogP contribution in [-0.4, -0.2) is 98.0 Å². The first-order valence-corrected chi connectivity index (χ1v) is 20.0. The molecule has 7 atom stereocenters. The van der Waals surface area contributed by atoms with Crippen LogP contribution in [0.2, 0.25) is 0 Å². The molecule has 4 aliphatic rings. The molecule has 1 amide bonds. The number of ether oxygens (including phenoxy) is 4. The zero-order chi connectivity index (χ0) is 39.0. The van der Waals surface area contributed by atoms with Gasteiger partial charge in [-0.3, -0.25) is 14.4 Å². The number of carboxylic acids is 1. The topological polar surface area (TPSA) is 135 Å². The van der Waals surface area contributed by atoms with Crippen LogP contribution < -0.4 is 9.64 Å². The number of likely N-dealkylation sites (N-methyl/N-ethyl adjacent to an activating group) is 1. The van der Waals surface area contributed by atoms with E-state index in [1.807, 2.05) is 85.8 Å². The van der Waals surface area contributed by atoms with Gasteiger partial charge in [0.2, 0.25) is 0 Å². The van der Waals surface area contributed by atoms with E-state index in [2.05, 4.69) is 13.0 Å². The average molecular weight is 767 g/mol. The zero-order valence-electron chi connectivity index (χ0n) is 32.3. The van der Waals surface area contributed by atoms with Crippen LogP contribution >= 0.6 is 11.8 Å². The van der Waals surface area contributed by atoms with Crippen LogP contribution in [0.1, 0.15) is 82.4 Å². The van der Waals surface area contributed by atoms with Gasteiger partial charge < -0.3 is 39.0 Å². The lowest BCUT2D eigenvalue weighted by atomic mass is 9.84. The molecule has 4 heterocycles. The summed E-state index contributed by atoms with van der Waals surface area (Å²) in [5, 5.41) is 18.3. The van der Waals surface area contributed by atoms with E-state index in [0.717, 1.165) is 66.8 Å². The normalized spacial score (nSPS) is 24.0. The van der Waals surface area contributed by atoms with Crippen LogP contribution in [0.5, 0.6) is 5.75 Å². The molecule has 2 bridgehead atoms. The third kappa shape index (κ3) is 13.0. The number of aliphatic hydroxyl groups excluding tert-OH is 1. The van der Waals surface area contributed by atoms with Crippen molar-refractivity contribution in [1.82, 2.24) is 4.90 Å². The van der Waals surface area contributed by atoms with Crippen LogP contribution in [0.25, 0.3) is 0 Å². The van der Waals surface area contributed by atoms with Crippen LogP contribution in [0.3, 0.4) is 0 Å². The number of allylic oxidation sites excluding steroid dienone is 2. The highest BCUT2D eigenvalue weighted by atomic mass is 32.2. The van der Waals surface area contributed by atoms with Crippen molar-refractivity contribution in [2.75, 3.05) is 39.2 Å². The fourth-order valence-corrected chi connectivity index (χ4v) is 7.94. The van der Waals surface area contributed by atoms with E-state index in [0.29, 0.717) is 19.5 Å². The number of aliphatic hydroxyl groups is 1. The fraction of sp³-hybridized carbons (Fsp3) is 0.548. The quantitative estimate of drug-likeness (QED) is 0.0908. The van der Waals surface area contributed by atoms with Crippen molar-refractivity contribution < 1.29 is 43.5 Å². The van der Waals surface area contributed by atoms with Gasteiger partial charge >= 0.3 is 11.9 Å².